The molecule has 3 rings (SSSR count). The number of fused-ring (bicyclic) bond motifs is 2. The Balaban J connectivity index is 2.01. The summed E-state index contributed by atoms with van der Waals surface area (Å²) >= 11 is 0. The lowest BCUT2D eigenvalue weighted by Crippen LogP contribution is -2.28. The Bertz CT molecular complexity index is 220. The van der Waals surface area contributed by atoms with Crippen molar-refractivity contribution in [1.82, 2.24) is 0 Å². The Morgan fingerprint density at radius 3 is 2.67 bits per heavy atom. The highest BCUT2D eigenvalue weighted by Gasteiger charge is 2.32. The third-order valence-electron chi connectivity index (χ3n) is 3.15. The zero-order valence-corrected chi connectivity index (χ0v) is 7.07. The molecule has 0 aromatic heterocycles. The number of carboxylic acids is 1. The number of carbonyl (C=O) groups is 1. The average molecular weight is 166 g/mol. The molecule has 0 aliphatic heterocycles. The summed E-state index contributed by atoms with van der Waals surface area (Å²) in [5, 5.41) is 8.67. The maximum Gasteiger partial charge on any atom is 0.303 e. The summed E-state index contributed by atoms with van der Waals surface area (Å²) in [6, 6.07) is 0. The molecule has 1 saturated carbocycles. The molecule has 3 atom stereocenters. The van der Waals surface area contributed by atoms with Crippen molar-refractivity contribution in [2.45, 2.75) is 25.7 Å². The van der Waals surface area contributed by atoms with Gasteiger partial charge in [-0.1, -0.05) is 12.2 Å². The molecular formula is C10H14O2. The third kappa shape index (κ3) is 1.38. The van der Waals surface area contributed by atoms with Crippen LogP contribution in [0.3, 0.4) is 0 Å². The number of allylic oxidation sites excluding steroid dienone is 2. The lowest BCUT2D eigenvalue weighted by atomic mass is 9.68. The molecule has 0 heterocycles. The van der Waals surface area contributed by atoms with E-state index in [2.05, 4.69) is 12.2 Å². The van der Waals surface area contributed by atoms with E-state index in [4.69, 9.17) is 5.11 Å². The van der Waals surface area contributed by atoms with Crippen molar-refractivity contribution in [2.24, 2.45) is 17.8 Å². The normalized spacial score (nSPS) is 38.5. The fourth-order valence-electron chi connectivity index (χ4n) is 2.51. The molecule has 3 aliphatic carbocycles. The van der Waals surface area contributed by atoms with Gasteiger partial charge in [0, 0.05) is 6.42 Å². The van der Waals surface area contributed by atoms with Crippen molar-refractivity contribution in [1.29, 1.82) is 0 Å². The van der Waals surface area contributed by atoms with Crippen molar-refractivity contribution in [3.05, 3.63) is 12.2 Å². The lowest BCUT2D eigenvalue weighted by Gasteiger charge is -2.37. The van der Waals surface area contributed by atoms with E-state index in [1.54, 1.807) is 0 Å². The Hall–Kier alpha value is -0.790. The van der Waals surface area contributed by atoms with E-state index in [1.807, 2.05) is 0 Å². The van der Waals surface area contributed by atoms with Crippen LogP contribution in [0.4, 0.5) is 0 Å². The molecule has 0 unspecified atom stereocenters. The van der Waals surface area contributed by atoms with E-state index >= 15 is 0 Å². The largest absolute Gasteiger partial charge is 0.481 e. The second-order valence-electron chi connectivity index (χ2n) is 3.98. The summed E-state index contributed by atoms with van der Waals surface area (Å²) in [5.41, 5.74) is 0. The van der Waals surface area contributed by atoms with Crippen molar-refractivity contribution in [3.8, 4) is 0 Å². The summed E-state index contributed by atoms with van der Waals surface area (Å²) in [5.74, 6) is 1.03. The van der Waals surface area contributed by atoms with Gasteiger partial charge in [-0.15, -0.1) is 0 Å². The maximum absolute atomic E-state index is 10.5. The fraction of sp³-hybridized carbons (Fsp3) is 0.700. The van der Waals surface area contributed by atoms with Gasteiger partial charge in [-0.25, -0.2) is 0 Å². The predicted molar refractivity (Wildman–Crippen MR) is 45.7 cm³/mol. The van der Waals surface area contributed by atoms with Gasteiger partial charge in [0.2, 0.25) is 0 Å². The first kappa shape index (κ1) is 7.84. The number of rotatable bonds is 2. The number of aliphatic carboxylic acids is 1. The van der Waals surface area contributed by atoms with Gasteiger partial charge >= 0.3 is 5.97 Å². The molecule has 0 spiro atoms. The van der Waals surface area contributed by atoms with E-state index in [-0.39, 0.29) is 0 Å². The molecule has 66 valence electrons. The second kappa shape index (κ2) is 2.92. The topological polar surface area (TPSA) is 37.3 Å². The molecule has 1 N–H and O–H groups in total. The third-order valence-corrected chi connectivity index (χ3v) is 3.15. The minimum Gasteiger partial charge on any atom is -0.481 e. The quantitative estimate of drug-likeness (QED) is 0.637. The number of hydrogen-bond acceptors (Lipinski definition) is 1. The van der Waals surface area contributed by atoms with Crippen LogP contribution in [0.5, 0.6) is 0 Å². The first-order chi connectivity index (χ1) is 5.75. The van der Waals surface area contributed by atoms with E-state index < -0.39 is 5.97 Å². The van der Waals surface area contributed by atoms with Crippen LogP contribution in [0.2, 0.25) is 0 Å². The number of hydrogen-bond donors (Lipinski definition) is 1. The second-order valence-corrected chi connectivity index (χ2v) is 3.98. The molecule has 12 heavy (non-hydrogen) atoms. The van der Waals surface area contributed by atoms with Crippen molar-refractivity contribution in [3.63, 3.8) is 0 Å². The minimum absolute atomic E-state index is 0.367. The SMILES string of the molecule is O=C(O)C[C@@H]1C[C@@H]2C=C[C@H]1CC2. The van der Waals surface area contributed by atoms with E-state index in [9.17, 15) is 4.79 Å². The van der Waals surface area contributed by atoms with Crippen molar-refractivity contribution >= 4 is 5.97 Å². The van der Waals surface area contributed by atoms with Gasteiger partial charge in [-0.05, 0) is 37.0 Å². The average Bonchev–Trinajstić information content (AvgIpc) is 2.05. The smallest absolute Gasteiger partial charge is 0.303 e. The van der Waals surface area contributed by atoms with Gasteiger partial charge in [0.05, 0.1) is 0 Å². The summed E-state index contributed by atoms with van der Waals surface area (Å²) in [6.07, 6.45) is 8.45. The first-order valence-electron chi connectivity index (χ1n) is 4.66. The van der Waals surface area contributed by atoms with E-state index in [0.717, 1.165) is 6.42 Å². The van der Waals surface area contributed by atoms with Gasteiger partial charge < -0.3 is 5.11 Å². The summed E-state index contributed by atoms with van der Waals surface area (Å²) in [7, 11) is 0. The van der Waals surface area contributed by atoms with Crippen LogP contribution in [-0.2, 0) is 4.79 Å². The van der Waals surface area contributed by atoms with Crippen LogP contribution < -0.4 is 0 Å². The molecule has 2 heteroatoms. The van der Waals surface area contributed by atoms with Crippen LogP contribution in [-0.4, -0.2) is 11.1 Å². The van der Waals surface area contributed by atoms with Crippen LogP contribution in [0.25, 0.3) is 0 Å². The molecule has 0 radical (unpaired) electrons. The molecule has 0 aromatic rings. The highest BCUT2D eigenvalue weighted by molar-refractivity contribution is 5.67. The summed E-state index contributed by atoms with van der Waals surface area (Å²) in [4.78, 5) is 10.5. The fourth-order valence-corrected chi connectivity index (χ4v) is 2.51. The monoisotopic (exact) mass is 166 g/mol. The highest BCUT2D eigenvalue weighted by Crippen LogP contribution is 2.41. The zero-order chi connectivity index (χ0) is 8.55. The van der Waals surface area contributed by atoms with E-state index in [0.29, 0.717) is 24.2 Å². The zero-order valence-electron chi connectivity index (χ0n) is 7.07. The van der Waals surface area contributed by atoms with Crippen LogP contribution >= 0.6 is 0 Å². The van der Waals surface area contributed by atoms with Gasteiger partial charge in [-0.2, -0.15) is 0 Å². The van der Waals surface area contributed by atoms with Gasteiger partial charge in [0.15, 0.2) is 0 Å². The van der Waals surface area contributed by atoms with Gasteiger partial charge in [0.25, 0.3) is 0 Å². The first-order valence-corrected chi connectivity index (χ1v) is 4.66. The molecule has 1 fully saturated rings. The highest BCUT2D eigenvalue weighted by atomic mass is 16.4. The standard InChI is InChI=1S/C10H14O2/c11-10(12)6-9-5-7-1-3-8(9)4-2-7/h1,3,7-9H,2,4-6H2,(H,11,12)/t7-,8+,9+/m1/s1. The molecule has 2 bridgehead atoms. The Morgan fingerprint density at radius 2 is 2.25 bits per heavy atom. The van der Waals surface area contributed by atoms with E-state index in [1.165, 1.54) is 12.8 Å². The molecule has 3 aliphatic rings. The van der Waals surface area contributed by atoms with Gasteiger partial charge in [0.1, 0.15) is 0 Å². The lowest BCUT2D eigenvalue weighted by molar-refractivity contribution is -0.138. The van der Waals surface area contributed by atoms with Crippen LogP contribution in [0.1, 0.15) is 25.7 Å². The molecule has 0 aromatic carbocycles. The van der Waals surface area contributed by atoms with Crippen molar-refractivity contribution in [2.75, 3.05) is 0 Å². The molecule has 2 nitrogen and oxygen atoms in total. The van der Waals surface area contributed by atoms with Gasteiger partial charge in [-0.3, -0.25) is 4.79 Å². The Morgan fingerprint density at radius 1 is 1.42 bits per heavy atom. The Kier molecular flexibility index (Phi) is 1.91. The predicted octanol–water partition coefficient (Wildman–Crippen LogP) is 2.06. The summed E-state index contributed by atoms with van der Waals surface area (Å²) in [6.45, 7) is 0. The maximum atomic E-state index is 10.5. The van der Waals surface area contributed by atoms with Crippen LogP contribution in [0, 0.1) is 17.8 Å². The molecule has 0 saturated heterocycles. The minimum atomic E-state index is -0.638. The van der Waals surface area contributed by atoms with Crippen LogP contribution in [0.15, 0.2) is 12.2 Å². The number of carboxylic acid groups (broad SMARTS) is 1. The molecule has 0 amide bonds. The van der Waals surface area contributed by atoms with Crippen molar-refractivity contribution < 1.29 is 9.90 Å². The Labute approximate surface area is 72.3 Å². The molecular weight excluding hydrogens is 152 g/mol. The summed E-state index contributed by atoms with van der Waals surface area (Å²) < 4.78 is 0.